The van der Waals surface area contributed by atoms with Gasteiger partial charge in [0.05, 0.1) is 5.69 Å². The number of hydrogen-bond acceptors (Lipinski definition) is 4. The average Bonchev–Trinajstić information content (AvgIpc) is 2.34. The molecule has 1 heterocycles. The number of halogens is 3. The van der Waals surface area contributed by atoms with Crippen LogP contribution in [0.5, 0.6) is 0 Å². The number of nitrogen functional groups attached to an aromatic ring is 1. The molecular formula is C13H13F3N2O3. The van der Waals surface area contributed by atoms with Crippen LogP contribution in [0.3, 0.4) is 0 Å². The molecule has 1 aromatic heterocycles. The molecule has 3 N–H and O–H groups in total. The monoisotopic (exact) mass is 302 g/mol. The van der Waals surface area contributed by atoms with Crippen LogP contribution in [0, 0.1) is 11.8 Å². The lowest BCUT2D eigenvalue weighted by Gasteiger charge is -2.17. The summed E-state index contributed by atoms with van der Waals surface area (Å²) in [5.41, 5.74) is 2.69. The molecule has 21 heavy (non-hydrogen) atoms. The van der Waals surface area contributed by atoms with Crippen molar-refractivity contribution < 1.29 is 27.8 Å². The molecule has 1 aromatic rings. The van der Waals surface area contributed by atoms with E-state index in [4.69, 9.17) is 15.6 Å². The number of aliphatic carboxylic acids is 1. The minimum atomic E-state index is -4.59. The number of rotatable bonds is 3. The first-order valence-electron chi connectivity index (χ1n) is 5.74. The lowest BCUT2D eigenvalue weighted by molar-refractivity contribution is -0.159. The molecule has 5 nitrogen and oxygen atoms in total. The summed E-state index contributed by atoms with van der Waals surface area (Å²) in [6, 6.07) is 1.81. The Morgan fingerprint density at radius 2 is 2.05 bits per heavy atom. The van der Waals surface area contributed by atoms with Crippen LogP contribution in [0.25, 0.3) is 0 Å². The molecule has 114 valence electrons. The molecule has 0 aliphatic carbocycles. The minimum Gasteiger partial charge on any atom is -0.479 e. The maximum Gasteiger partial charge on any atom is 0.433 e. The predicted molar refractivity (Wildman–Crippen MR) is 68.2 cm³/mol. The summed E-state index contributed by atoms with van der Waals surface area (Å²) in [5, 5.41) is 8.80. The van der Waals surface area contributed by atoms with Gasteiger partial charge in [0.2, 0.25) is 0 Å². The van der Waals surface area contributed by atoms with E-state index in [1.54, 1.807) is 0 Å². The fourth-order valence-corrected chi connectivity index (χ4v) is 1.13. The molecule has 8 heteroatoms. The second-order valence-corrected chi connectivity index (χ2v) is 4.54. The van der Waals surface area contributed by atoms with E-state index in [9.17, 15) is 18.0 Å². The zero-order valence-corrected chi connectivity index (χ0v) is 11.3. The Balaban J connectivity index is 2.85. The SMILES string of the molecule is CC(C)(OCC#Cc1nc(C(F)(F)F)ccc1N)C(=O)O. The average molecular weight is 302 g/mol. The van der Waals surface area contributed by atoms with Crippen molar-refractivity contribution in [3.8, 4) is 11.8 Å². The molecular weight excluding hydrogens is 289 g/mol. The van der Waals surface area contributed by atoms with Gasteiger partial charge < -0.3 is 15.6 Å². The molecule has 1 rings (SSSR count). The third-order valence-electron chi connectivity index (χ3n) is 2.44. The predicted octanol–water partition coefficient (Wildman–Crippen LogP) is 1.91. The van der Waals surface area contributed by atoms with Crippen molar-refractivity contribution >= 4 is 11.7 Å². The number of carbonyl (C=O) groups is 1. The van der Waals surface area contributed by atoms with E-state index >= 15 is 0 Å². The summed E-state index contributed by atoms with van der Waals surface area (Å²) in [6.07, 6.45) is -4.59. The minimum absolute atomic E-state index is 0.00649. The second-order valence-electron chi connectivity index (χ2n) is 4.54. The Morgan fingerprint density at radius 3 is 2.57 bits per heavy atom. The van der Waals surface area contributed by atoms with Gasteiger partial charge >= 0.3 is 12.1 Å². The fourth-order valence-electron chi connectivity index (χ4n) is 1.13. The highest BCUT2D eigenvalue weighted by atomic mass is 19.4. The first-order valence-corrected chi connectivity index (χ1v) is 5.74. The number of nitrogens with zero attached hydrogens (tertiary/aromatic N) is 1. The summed E-state index contributed by atoms with van der Waals surface area (Å²) >= 11 is 0. The Labute approximate surface area is 118 Å². The number of anilines is 1. The van der Waals surface area contributed by atoms with Crippen molar-refractivity contribution in [3.05, 3.63) is 23.5 Å². The molecule has 0 aliphatic heterocycles. The van der Waals surface area contributed by atoms with Crippen LogP contribution in [0.15, 0.2) is 12.1 Å². The van der Waals surface area contributed by atoms with Gasteiger partial charge in [0.1, 0.15) is 18.0 Å². The zero-order chi connectivity index (χ0) is 16.3. The summed E-state index contributed by atoms with van der Waals surface area (Å²) in [6.45, 7) is 2.37. The Hall–Kier alpha value is -2.27. The van der Waals surface area contributed by atoms with E-state index in [0.29, 0.717) is 0 Å². The molecule has 0 radical (unpaired) electrons. The van der Waals surface area contributed by atoms with Crippen molar-refractivity contribution in [2.24, 2.45) is 0 Å². The van der Waals surface area contributed by atoms with Gasteiger partial charge in [0.15, 0.2) is 5.60 Å². The van der Waals surface area contributed by atoms with Crippen LogP contribution in [-0.4, -0.2) is 28.3 Å². The van der Waals surface area contributed by atoms with Crippen molar-refractivity contribution in [1.29, 1.82) is 0 Å². The van der Waals surface area contributed by atoms with Gasteiger partial charge in [-0.2, -0.15) is 13.2 Å². The van der Waals surface area contributed by atoms with Crippen LogP contribution < -0.4 is 5.73 Å². The maximum absolute atomic E-state index is 12.5. The van der Waals surface area contributed by atoms with Crippen molar-refractivity contribution in [2.45, 2.75) is 25.6 Å². The first-order chi connectivity index (χ1) is 9.54. The van der Waals surface area contributed by atoms with Crippen LogP contribution in [-0.2, 0) is 15.7 Å². The quantitative estimate of drug-likeness (QED) is 0.833. The third kappa shape index (κ3) is 4.65. The third-order valence-corrected chi connectivity index (χ3v) is 2.44. The number of carboxylic acid groups (broad SMARTS) is 1. The van der Waals surface area contributed by atoms with E-state index < -0.39 is 23.4 Å². The summed E-state index contributed by atoms with van der Waals surface area (Å²) in [5.74, 6) is 3.54. The van der Waals surface area contributed by atoms with Gasteiger partial charge in [0, 0.05) is 0 Å². The van der Waals surface area contributed by atoms with Crippen LogP contribution in [0.1, 0.15) is 25.2 Å². The lowest BCUT2D eigenvalue weighted by atomic mass is 10.1. The zero-order valence-electron chi connectivity index (χ0n) is 11.3. The normalized spacial score (nSPS) is 11.7. The van der Waals surface area contributed by atoms with Crippen molar-refractivity contribution in [1.82, 2.24) is 4.98 Å². The standard InChI is InChI=1S/C13H13F3N2O3/c1-12(2,11(19)20)21-7-3-4-9-8(17)5-6-10(18-9)13(14,15)16/h5-6H,7,17H2,1-2H3,(H,19,20). The second kappa shape index (κ2) is 6.01. The topological polar surface area (TPSA) is 85.4 Å². The molecule has 0 aliphatic rings. The van der Waals surface area contributed by atoms with Gasteiger partial charge in [-0.15, -0.1) is 0 Å². The fraction of sp³-hybridized carbons (Fsp3) is 0.385. The molecule has 0 amide bonds. The molecule has 0 saturated carbocycles. The first kappa shape index (κ1) is 16.8. The number of pyridine rings is 1. The van der Waals surface area contributed by atoms with Gasteiger partial charge in [-0.25, -0.2) is 9.78 Å². The highest BCUT2D eigenvalue weighted by Crippen LogP contribution is 2.28. The molecule has 0 aromatic carbocycles. The summed E-state index contributed by atoms with van der Waals surface area (Å²) < 4.78 is 42.5. The number of ether oxygens (including phenoxy) is 1. The van der Waals surface area contributed by atoms with Gasteiger partial charge in [-0.05, 0) is 31.9 Å². The summed E-state index contributed by atoms with van der Waals surface area (Å²) in [4.78, 5) is 14.1. The van der Waals surface area contributed by atoms with E-state index in [0.717, 1.165) is 12.1 Å². The Kier molecular flexibility index (Phi) is 4.80. The van der Waals surface area contributed by atoms with Crippen molar-refractivity contribution in [2.75, 3.05) is 12.3 Å². The van der Waals surface area contributed by atoms with Crippen LogP contribution in [0.2, 0.25) is 0 Å². The molecule has 0 atom stereocenters. The molecule has 0 bridgehead atoms. The number of aromatic nitrogens is 1. The van der Waals surface area contributed by atoms with Gasteiger partial charge in [-0.3, -0.25) is 0 Å². The van der Waals surface area contributed by atoms with E-state index in [1.165, 1.54) is 13.8 Å². The Bertz CT molecular complexity index is 601. The van der Waals surface area contributed by atoms with Gasteiger partial charge in [0.25, 0.3) is 0 Å². The molecule has 0 spiro atoms. The van der Waals surface area contributed by atoms with E-state index in [1.807, 2.05) is 0 Å². The molecule has 0 saturated heterocycles. The smallest absolute Gasteiger partial charge is 0.433 e. The number of nitrogens with two attached hydrogens (primary N) is 1. The summed E-state index contributed by atoms with van der Waals surface area (Å²) in [7, 11) is 0. The number of alkyl halides is 3. The molecule has 0 unspecified atom stereocenters. The largest absolute Gasteiger partial charge is 0.479 e. The maximum atomic E-state index is 12.5. The van der Waals surface area contributed by atoms with E-state index in [-0.39, 0.29) is 18.0 Å². The highest BCUT2D eigenvalue weighted by Gasteiger charge is 2.32. The van der Waals surface area contributed by atoms with Crippen LogP contribution >= 0.6 is 0 Å². The van der Waals surface area contributed by atoms with Crippen molar-refractivity contribution in [3.63, 3.8) is 0 Å². The Morgan fingerprint density at radius 1 is 1.43 bits per heavy atom. The number of carboxylic acids is 1. The van der Waals surface area contributed by atoms with E-state index in [2.05, 4.69) is 16.8 Å². The lowest BCUT2D eigenvalue weighted by Crippen LogP contribution is -2.34. The highest BCUT2D eigenvalue weighted by molar-refractivity contribution is 5.76. The molecule has 0 fully saturated rings. The van der Waals surface area contributed by atoms with Crippen LogP contribution in [0.4, 0.5) is 18.9 Å². The number of hydrogen-bond donors (Lipinski definition) is 2. The van der Waals surface area contributed by atoms with Gasteiger partial charge in [-0.1, -0.05) is 5.92 Å².